The normalized spacial score (nSPS) is 23.8. The van der Waals surface area contributed by atoms with Gasteiger partial charge in [0.05, 0.1) is 5.56 Å². The molecular weight excluding hydrogens is 284 g/mol. The fourth-order valence-electron chi connectivity index (χ4n) is 4.09. The van der Waals surface area contributed by atoms with Crippen LogP contribution in [0.1, 0.15) is 68.3 Å². The number of carboxylic acid groups (broad SMARTS) is 1. The van der Waals surface area contributed by atoms with Crippen molar-refractivity contribution in [2.45, 2.75) is 52.4 Å². The van der Waals surface area contributed by atoms with Gasteiger partial charge in [-0.3, -0.25) is 0 Å². The standard InChI is InChI=1S/C21H26O2/c1-21(2)13-3-4-17-10-9-16(14-19(17)21)6-5-15-7-11-18(12-8-15)20(22)23/h5-8,11-12,16H,3-4,9-10,13-14H2,1-2H3,(H,22,23). The zero-order chi connectivity index (χ0) is 16.4. The van der Waals surface area contributed by atoms with Gasteiger partial charge in [0, 0.05) is 0 Å². The van der Waals surface area contributed by atoms with Crippen molar-refractivity contribution in [1.82, 2.24) is 0 Å². The molecule has 2 heteroatoms. The van der Waals surface area contributed by atoms with Crippen molar-refractivity contribution in [3.63, 3.8) is 0 Å². The molecule has 0 fully saturated rings. The van der Waals surface area contributed by atoms with E-state index in [9.17, 15) is 4.79 Å². The van der Waals surface area contributed by atoms with E-state index in [1.165, 1.54) is 38.5 Å². The molecule has 0 aromatic heterocycles. The van der Waals surface area contributed by atoms with Gasteiger partial charge in [-0.25, -0.2) is 4.79 Å². The van der Waals surface area contributed by atoms with E-state index < -0.39 is 5.97 Å². The Balaban J connectivity index is 1.69. The predicted octanol–water partition coefficient (Wildman–Crippen LogP) is 5.70. The second-order valence-electron chi connectivity index (χ2n) is 7.61. The van der Waals surface area contributed by atoms with Crippen LogP contribution in [0.5, 0.6) is 0 Å². The third-order valence-corrected chi connectivity index (χ3v) is 5.53. The van der Waals surface area contributed by atoms with E-state index in [1.807, 2.05) is 12.1 Å². The molecule has 0 saturated carbocycles. The second-order valence-corrected chi connectivity index (χ2v) is 7.61. The van der Waals surface area contributed by atoms with Crippen LogP contribution in [0.15, 0.2) is 41.5 Å². The Hall–Kier alpha value is -1.83. The molecule has 2 aliphatic rings. The number of aromatic carboxylic acids is 1. The third kappa shape index (κ3) is 3.57. The maximum atomic E-state index is 10.9. The average Bonchev–Trinajstić information content (AvgIpc) is 2.53. The molecule has 0 radical (unpaired) electrons. The lowest BCUT2D eigenvalue weighted by Gasteiger charge is -2.40. The highest BCUT2D eigenvalue weighted by Gasteiger charge is 2.33. The molecule has 23 heavy (non-hydrogen) atoms. The first-order valence-corrected chi connectivity index (χ1v) is 8.69. The highest BCUT2D eigenvalue weighted by molar-refractivity contribution is 5.87. The van der Waals surface area contributed by atoms with Gasteiger partial charge < -0.3 is 5.11 Å². The fraction of sp³-hybridized carbons (Fsp3) is 0.476. The number of allylic oxidation sites excluding steroid dienone is 3. The summed E-state index contributed by atoms with van der Waals surface area (Å²) in [5.41, 5.74) is 5.25. The molecule has 1 aromatic rings. The molecule has 0 bridgehead atoms. The lowest BCUT2D eigenvalue weighted by Crippen LogP contribution is -2.25. The summed E-state index contributed by atoms with van der Waals surface area (Å²) in [5.74, 6) is -0.253. The van der Waals surface area contributed by atoms with Gasteiger partial charge in [0.25, 0.3) is 0 Å². The largest absolute Gasteiger partial charge is 0.478 e. The van der Waals surface area contributed by atoms with Crippen LogP contribution in [-0.2, 0) is 0 Å². The highest BCUT2D eigenvalue weighted by atomic mass is 16.4. The van der Waals surface area contributed by atoms with Crippen LogP contribution in [0.3, 0.4) is 0 Å². The smallest absolute Gasteiger partial charge is 0.335 e. The molecule has 2 nitrogen and oxygen atoms in total. The zero-order valence-corrected chi connectivity index (χ0v) is 14.1. The van der Waals surface area contributed by atoms with Gasteiger partial charge in [-0.05, 0) is 67.6 Å². The van der Waals surface area contributed by atoms with Crippen LogP contribution in [-0.4, -0.2) is 11.1 Å². The minimum atomic E-state index is -0.869. The van der Waals surface area contributed by atoms with E-state index in [0.29, 0.717) is 16.9 Å². The summed E-state index contributed by atoms with van der Waals surface area (Å²) in [6.45, 7) is 4.80. The van der Waals surface area contributed by atoms with E-state index in [1.54, 1.807) is 23.3 Å². The van der Waals surface area contributed by atoms with Crippen LogP contribution in [0.25, 0.3) is 6.08 Å². The molecule has 0 saturated heterocycles. The van der Waals surface area contributed by atoms with Crippen molar-refractivity contribution in [2.75, 3.05) is 0 Å². The van der Waals surface area contributed by atoms with Crippen molar-refractivity contribution < 1.29 is 9.90 Å². The Morgan fingerprint density at radius 2 is 1.96 bits per heavy atom. The second kappa shape index (κ2) is 6.35. The van der Waals surface area contributed by atoms with Gasteiger partial charge in [-0.15, -0.1) is 0 Å². The lowest BCUT2D eigenvalue weighted by molar-refractivity contribution is 0.0697. The summed E-state index contributed by atoms with van der Waals surface area (Å²) in [7, 11) is 0. The summed E-state index contributed by atoms with van der Waals surface area (Å²) >= 11 is 0. The molecule has 0 amide bonds. The van der Waals surface area contributed by atoms with Gasteiger partial charge in [0.15, 0.2) is 0 Å². The molecule has 0 spiro atoms. The van der Waals surface area contributed by atoms with Crippen LogP contribution < -0.4 is 0 Å². The van der Waals surface area contributed by atoms with Crippen molar-refractivity contribution in [3.8, 4) is 0 Å². The Morgan fingerprint density at radius 1 is 1.22 bits per heavy atom. The molecule has 1 aromatic carbocycles. The molecule has 2 aliphatic carbocycles. The SMILES string of the molecule is CC1(C)CCCC2=C1CC(C=Cc1ccc(C(=O)O)cc1)CC2. The minimum Gasteiger partial charge on any atom is -0.478 e. The average molecular weight is 310 g/mol. The summed E-state index contributed by atoms with van der Waals surface area (Å²) in [4.78, 5) is 10.9. The first-order valence-electron chi connectivity index (χ1n) is 8.69. The summed E-state index contributed by atoms with van der Waals surface area (Å²) in [6.07, 6.45) is 12.2. The minimum absolute atomic E-state index is 0.346. The van der Waals surface area contributed by atoms with Crippen LogP contribution in [0.4, 0.5) is 0 Å². The molecule has 0 heterocycles. The third-order valence-electron chi connectivity index (χ3n) is 5.53. The van der Waals surface area contributed by atoms with Crippen molar-refractivity contribution in [2.24, 2.45) is 11.3 Å². The van der Waals surface area contributed by atoms with E-state index >= 15 is 0 Å². The van der Waals surface area contributed by atoms with Gasteiger partial charge >= 0.3 is 5.97 Å². The number of carbonyl (C=O) groups is 1. The van der Waals surface area contributed by atoms with Crippen molar-refractivity contribution >= 4 is 12.0 Å². The summed E-state index contributed by atoms with van der Waals surface area (Å²) in [6, 6.07) is 7.12. The van der Waals surface area contributed by atoms with Crippen LogP contribution >= 0.6 is 0 Å². The fourth-order valence-corrected chi connectivity index (χ4v) is 4.09. The molecular formula is C21H26O2. The first kappa shape index (κ1) is 16.0. The number of benzene rings is 1. The monoisotopic (exact) mass is 310 g/mol. The van der Waals surface area contributed by atoms with E-state index in [0.717, 1.165) is 5.56 Å². The van der Waals surface area contributed by atoms with Crippen molar-refractivity contribution in [3.05, 3.63) is 52.6 Å². The Kier molecular flexibility index (Phi) is 4.43. The van der Waals surface area contributed by atoms with Crippen LogP contribution in [0.2, 0.25) is 0 Å². The molecule has 0 aliphatic heterocycles. The molecule has 1 atom stereocenters. The predicted molar refractivity (Wildman–Crippen MR) is 94.4 cm³/mol. The van der Waals surface area contributed by atoms with Crippen molar-refractivity contribution in [1.29, 1.82) is 0 Å². The van der Waals surface area contributed by atoms with Gasteiger partial charge in [0.2, 0.25) is 0 Å². The topological polar surface area (TPSA) is 37.3 Å². The number of hydrogen-bond acceptors (Lipinski definition) is 1. The first-order chi connectivity index (χ1) is 11.0. The lowest BCUT2D eigenvalue weighted by atomic mass is 9.66. The highest BCUT2D eigenvalue weighted by Crippen LogP contribution is 2.48. The summed E-state index contributed by atoms with van der Waals surface area (Å²) in [5, 5.41) is 8.95. The number of carboxylic acids is 1. The van der Waals surface area contributed by atoms with Gasteiger partial charge in [-0.2, -0.15) is 0 Å². The molecule has 122 valence electrons. The van der Waals surface area contributed by atoms with E-state index in [4.69, 9.17) is 5.11 Å². The Bertz CT molecular complexity index is 647. The molecule has 1 unspecified atom stereocenters. The van der Waals surface area contributed by atoms with Crippen LogP contribution in [0, 0.1) is 11.3 Å². The van der Waals surface area contributed by atoms with E-state index in [2.05, 4.69) is 26.0 Å². The van der Waals surface area contributed by atoms with Gasteiger partial charge in [-0.1, -0.05) is 49.3 Å². The molecule has 1 N–H and O–H groups in total. The zero-order valence-electron chi connectivity index (χ0n) is 14.1. The number of rotatable bonds is 3. The maximum Gasteiger partial charge on any atom is 0.335 e. The maximum absolute atomic E-state index is 10.9. The van der Waals surface area contributed by atoms with Gasteiger partial charge in [0.1, 0.15) is 0 Å². The quantitative estimate of drug-likeness (QED) is 0.727. The Labute approximate surface area is 138 Å². The summed E-state index contributed by atoms with van der Waals surface area (Å²) < 4.78 is 0. The molecule has 3 rings (SSSR count). The Morgan fingerprint density at radius 3 is 2.65 bits per heavy atom. The van der Waals surface area contributed by atoms with E-state index in [-0.39, 0.29) is 0 Å². The number of hydrogen-bond donors (Lipinski definition) is 1.